The Morgan fingerprint density at radius 1 is 1.45 bits per heavy atom. The van der Waals surface area contributed by atoms with Gasteiger partial charge in [0.05, 0.1) is 4.92 Å². The van der Waals surface area contributed by atoms with Gasteiger partial charge in [-0.15, -0.1) is 0 Å². The van der Waals surface area contributed by atoms with Gasteiger partial charge >= 0.3 is 11.9 Å². The highest BCUT2D eigenvalue weighted by atomic mass is 16.6. The number of nitrogens with zero attached hydrogens (tertiary/aromatic N) is 2. The average molecular weight is 309 g/mol. The van der Waals surface area contributed by atoms with Crippen molar-refractivity contribution < 1.29 is 24.7 Å². The van der Waals surface area contributed by atoms with Crippen molar-refractivity contribution >= 4 is 17.6 Å². The molecule has 2 atom stereocenters. The summed E-state index contributed by atoms with van der Waals surface area (Å²) in [5.74, 6) is -2.43. The Balaban J connectivity index is 2.23. The smallest absolute Gasteiger partial charge is 0.325 e. The van der Waals surface area contributed by atoms with E-state index in [1.165, 1.54) is 23.1 Å². The fourth-order valence-electron chi connectivity index (χ4n) is 2.58. The number of aliphatic carboxylic acids is 2. The van der Waals surface area contributed by atoms with Crippen molar-refractivity contribution in [3.8, 4) is 0 Å². The molecule has 0 saturated carbocycles. The highest BCUT2D eigenvalue weighted by Gasteiger charge is 2.49. The molecule has 0 bridgehead atoms. The molecule has 0 unspecified atom stereocenters. The molecule has 1 saturated heterocycles. The number of nitrogens with two attached hydrogens (primary N) is 1. The molecule has 0 aliphatic carbocycles. The van der Waals surface area contributed by atoms with Crippen LogP contribution in [0.1, 0.15) is 12.0 Å². The van der Waals surface area contributed by atoms with E-state index in [0.717, 1.165) is 0 Å². The number of nitro groups is 1. The minimum absolute atomic E-state index is 0.0743. The zero-order valence-corrected chi connectivity index (χ0v) is 11.5. The molecular weight excluding hydrogens is 294 g/mol. The Labute approximate surface area is 125 Å². The summed E-state index contributed by atoms with van der Waals surface area (Å²) in [5, 5.41) is 29.1. The second-order valence-electron chi connectivity index (χ2n) is 5.35. The van der Waals surface area contributed by atoms with E-state index < -0.39 is 28.4 Å². The highest BCUT2D eigenvalue weighted by Crippen LogP contribution is 2.28. The van der Waals surface area contributed by atoms with Gasteiger partial charge in [0.15, 0.2) is 0 Å². The monoisotopic (exact) mass is 309 g/mol. The van der Waals surface area contributed by atoms with Crippen LogP contribution in [0.4, 0.5) is 5.69 Å². The minimum Gasteiger partial charge on any atom is -0.480 e. The molecule has 1 aromatic rings. The summed E-state index contributed by atoms with van der Waals surface area (Å²) in [5.41, 5.74) is 4.52. The molecule has 1 fully saturated rings. The van der Waals surface area contributed by atoms with E-state index in [0.29, 0.717) is 5.56 Å². The van der Waals surface area contributed by atoms with Gasteiger partial charge in [-0.05, 0) is 5.56 Å². The molecule has 9 heteroatoms. The first-order valence-electron chi connectivity index (χ1n) is 6.45. The zero-order valence-electron chi connectivity index (χ0n) is 11.5. The third-order valence-corrected chi connectivity index (χ3v) is 3.70. The van der Waals surface area contributed by atoms with Gasteiger partial charge in [-0.3, -0.25) is 24.6 Å². The van der Waals surface area contributed by atoms with E-state index in [1.54, 1.807) is 6.07 Å². The Kier molecular flexibility index (Phi) is 4.11. The topological polar surface area (TPSA) is 147 Å². The van der Waals surface area contributed by atoms with Gasteiger partial charge in [0.25, 0.3) is 5.69 Å². The lowest BCUT2D eigenvalue weighted by Gasteiger charge is -2.21. The fraction of sp³-hybridized carbons (Fsp3) is 0.385. The number of benzene rings is 1. The van der Waals surface area contributed by atoms with Gasteiger partial charge in [-0.25, -0.2) is 0 Å². The fourth-order valence-corrected chi connectivity index (χ4v) is 2.58. The molecule has 0 aromatic heterocycles. The maximum atomic E-state index is 11.3. The third-order valence-electron chi connectivity index (χ3n) is 3.70. The van der Waals surface area contributed by atoms with Gasteiger partial charge in [0.1, 0.15) is 11.6 Å². The highest BCUT2D eigenvalue weighted by molar-refractivity contribution is 5.83. The van der Waals surface area contributed by atoms with Crippen molar-refractivity contribution in [3.05, 3.63) is 39.9 Å². The van der Waals surface area contributed by atoms with Crippen molar-refractivity contribution in [2.75, 3.05) is 6.54 Å². The van der Waals surface area contributed by atoms with Crippen molar-refractivity contribution in [1.29, 1.82) is 0 Å². The summed E-state index contributed by atoms with van der Waals surface area (Å²) in [6.07, 6.45) is -0.216. The number of hydrogen-bond donors (Lipinski definition) is 3. The van der Waals surface area contributed by atoms with Crippen LogP contribution < -0.4 is 5.73 Å². The van der Waals surface area contributed by atoms with Gasteiger partial charge < -0.3 is 15.9 Å². The van der Waals surface area contributed by atoms with Crippen LogP contribution >= 0.6 is 0 Å². The number of hydrogen-bond acceptors (Lipinski definition) is 6. The quantitative estimate of drug-likeness (QED) is 0.510. The lowest BCUT2D eigenvalue weighted by molar-refractivity contribution is -0.384. The number of non-ortho nitro benzene ring substituents is 1. The summed E-state index contributed by atoms with van der Waals surface area (Å²) in [6, 6.07) is 4.72. The molecule has 1 aliphatic rings. The van der Waals surface area contributed by atoms with Gasteiger partial charge in [-0.2, -0.15) is 0 Å². The normalized spacial score (nSPS) is 25.0. The summed E-state index contributed by atoms with van der Waals surface area (Å²) < 4.78 is 0. The second kappa shape index (κ2) is 5.70. The second-order valence-corrected chi connectivity index (χ2v) is 5.35. The lowest BCUT2D eigenvalue weighted by atomic mass is 9.98. The predicted octanol–water partition coefficient (Wildman–Crippen LogP) is 0.0358. The van der Waals surface area contributed by atoms with E-state index in [4.69, 9.17) is 10.8 Å². The molecule has 1 aromatic carbocycles. The Hall–Kier alpha value is -2.52. The SMILES string of the molecule is N[C@]1(C(=O)O)C[C@H](C(=O)O)N(Cc2cccc([N+](=O)[O-])c2)C1. The van der Waals surface area contributed by atoms with Gasteiger partial charge in [-0.1, -0.05) is 12.1 Å². The lowest BCUT2D eigenvalue weighted by Crippen LogP contribution is -2.50. The van der Waals surface area contributed by atoms with Gasteiger partial charge in [0.2, 0.25) is 0 Å². The van der Waals surface area contributed by atoms with Crippen molar-refractivity contribution in [1.82, 2.24) is 4.90 Å². The zero-order chi connectivity index (χ0) is 16.5. The van der Waals surface area contributed by atoms with Crippen LogP contribution in [-0.2, 0) is 16.1 Å². The largest absolute Gasteiger partial charge is 0.480 e. The number of carboxylic acid groups (broad SMARTS) is 2. The number of rotatable bonds is 5. The molecule has 118 valence electrons. The molecule has 9 nitrogen and oxygen atoms in total. The Bertz CT molecular complexity index is 634. The van der Waals surface area contributed by atoms with Crippen LogP contribution in [0.5, 0.6) is 0 Å². The van der Waals surface area contributed by atoms with E-state index in [2.05, 4.69) is 0 Å². The van der Waals surface area contributed by atoms with Crippen LogP contribution in [0.25, 0.3) is 0 Å². The van der Waals surface area contributed by atoms with Gasteiger partial charge in [0, 0.05) is 31.6 Å². The summed E-state index contributed by atoms with van der Waals surface area (Å²) in [6.45, 7) is -0.0626. The molecular formula is C13H15N3O6. The van der Waals surface area contributed by atoms with Crippen molar-refractivity contribution in [2.45, 2.75) is 24.5 Å². The molecule has 0 spiro atoms. The first-order valence-corrected chi connectivity index (χ1v) is 6.45. The maximum absolute atomic E-state index is 11.3. The number of carboxylic acids is 2. The Morgan fingerprint density at radius 3 is 2.68 bits per heavy atom. The van der Waals surface area contributed by atoms with Crippen LogP contribution in [0.2, 0.25) is 0 Å². The van der Waals surface area contributed by atoms with E-state index in [1.807, 2.05) is 0 Å². The maximum Gasteiger partial charge on any atom is 0.325 e. The predicted molar refractivity (Wildman–Crippen MR) is 74.1 cm³/mol. The van der Waals surface area contributed by atoms with Crippen LogP contribution in [-0.4, -0.2) is 50.1 Å². The van der Waals surface area contributed by atoms with Crippen molar-refractivity contribution in [2.24, 2.45) is 5.73 Å². The number of nitro benzene ring substituents is 1. The molecule has 22 heavy (non-hydrogen) atoms. The average Bonchev–Trinajstić information content (AvgIpc) is 2.78. The van der Waals surface area contributed by atoms with Crippen LogP contribution in [0.3, 0.4) is 0 Å². The van der Waals surface area contributed by atoms with Crippen molar-refractivity contribution in [3.63, 3.8) is 0 Å². The summed E-state index contributed by atoms with van der Waals surface area (Å²) in [7, 11) is 0. The minimum atomic E-state index is -1.64. The summed E-state index contributed by atoms with van der Waals surface area (Å²) in [4.78, 5) is 34.1. The standard InChI is InChI=1S/C13H15N3O6/c14-13(12(19)20)5-10(11(17)18)15(7-13)6-8-2-1-3-9(4-8)16(21)22/h1-4,10H,5-7,14H2,(H,17,18)(H,19,20)/t10-,13-/m1/s1. The number of likely N-dealkylation sites (tertiary alicyclic amines) is 1. The van der Waals surface area contributed by atoms with E-state index in [-0.39, 0.29) is 25.2 Å². The van der Waals surface area contributed by atoms with E-state index in [9.17, 15) is 24.8 Å². The molecule has 2 rings (SSSR count). The Morgan fingerprint density at radius 2 is 2.14 bits per heavy atom. The first kappa shape index (κ1) is 15.9. The molecule has 1 heterocycles. The molecule has 0 radical (unpaired) electrons. The first-order chi connectivity index (χ1) is 10.2. The summed E-state index contributed by atoms with van der Waals surface area (Å²) >= 11 is 0. The van der Waals surface area contributed by atoms with E-state index >= 15 is 0 Å². The number of carbonyl (C=O) groups is 2. The molecule has 4 N–H and O–H groups in total. The molecule has 0 amide bonds. The molecule has 1 aliphatic heterocycles. The third kappa shape index (κ3) is 3.05. The van der Waals surface area contributed by atoms with Crippen LogP contribution in [0, 0.1) is 10.1 Å². The van der Waals surface area contributed by atoms with Crippen LogP contribution in [0.15, 0.2) is 24.3 Å².